The molecule has 0 atom stereocenters. The van der Waals surface area contributed by atoms with Crippen molar-refractivity contribution in [3.05, 3.63) is 22.2 Å². The van der Waals surface area contributed by atoms with Crippen molar-refractivity contribution in [3.63, 3.8) is 0 Å². The van der Waals surface area contributed by atoms with Crippen molar-refractivity contribution < 1.29 is 24.2 Å². The minimum Gasteiger partial charge on any atom is -0.496 e. The van der Waals surface area contributed by atoms with Crippen LogP contribution < -0.4 is 9.47 Å². The van der Waals surface area contributed by atoms with Gasteiger partial charge in [-0.1, -0.05) is 0 Å². The molecule has 5 nitrogen and oxygen atoms in total. The average molecular weight is 317 g/mol. The number of carbonyl (C=O) groups is 2. The lowest BCUT2D eigenvalue weighted by Gasteiger charge is -2.11. The summed E-state index contributed by atoms with van der Waals surface area (Å²) >= 11 is 3.27. The van der Waals surface area contributed by atoms with E-state index in [1.165, 1.54) is 14.2 Å². The Morgan fingerprint density at radius 1 is 1.17 bits per heavy atom. The molecule has 0 saturated heterocycles. The number of halogens is 1. The first-order valence-electron chi connectivity index (χ1n) is 5.16. The molecule has 0 amide bonds. The number of carboxylic acid groups (broad SMARTS) is 1. The van der Waals surface area contributed by atoms with E-state index < -0.39 is 5.97 Å². The maximum atomic E-state index is 11.9. The van der Waals surface area contributed by atoms with Crippen LogP contribution in [0.5, 0.6) is 11.5 Å². The van der Waals surface area contributed by atoms with Gasteiger partial charge in [-0.15, -0.1) is 0 Å². The van der Waals surface area contributed by atoms with Crippen LogP contribution in [0, 0.1) is 0 Å². The highest BCUT2D eigenvalue weighted by Gasteiger charge is 2.16. The van der Waals surface area contributed by atoms with Crippen LogP contribution in [-0.2, 0) is 4.79 Å². The Kier molecular flexibility index (Phi) is 5.15. The molecular weight excluding hydrogens is 304 g/mol. The third-order valence-corrected chi connectivity index (χ3v) is 2.96. The Morgan fingerprint density at radius 3 is 2.28 bits per heavy atom. The quantitative estimate of drug-likeness (QED) is 0.816. The first-order chi connectivity index (χ1) is 8.49. The van der Waals surface area contributed by atoms with Gasteiger partial charge in [-0.05, 0) is 22.0 Å². The van der Waals surface area contributed by atoms with Crippen molar-refractivity contribution in [3.8, 4) is 11.5 Å². The summed E-state index contributed by atoms with van der Waals surface area (Å²) in [6.07, 6.45) is -0.268. The van der Waals surface area contributed by atoms with Gasteiger partial charge < -0.3 is 14.6 Å². The van der Waals surface area contributed by atoms with E-state index in [2.05, 4.69) is 15.9 Å². The molecule has 0 heterocycles. The fourth-order valence-electron chi connectivity index (χ4n) is 1.43. The third kappa shape index (κ3) is 3.46. The summed E-state index contributed by atoms with van der Waals surface area (Å²) < 4.78 is 10.8. The van der Waals surface area contributed by atoms with Crippen LogP contribution in [0.15, 0.2) is 16.6 Å². The Hall–Kier alpha value is -1.56. The van der Waals surface area contributed by atoms with Crippen molar-refractivity contribution in [1.29, 1.82) is 0 Å². The van der Waals surface area contributed by atoms with Gasteiger partial charge in [0.05, 0.1) is 30.7 Å². The van der Waals surface area contributed by atoms with Crippen LogP contribution in [0.1, 0.15) is 23.2 Å². The number of carbonyl (C=O) groups excluding carboxylic acids is 1. The molecule has 0 aromatic heterocycles. The average Bonchev–Trinajstić information content (AvgIpc) is 2.35. The van der Waals surface area contributed by atoms with Gasteiger partial charge in [0.2, 0.25) is 0 Å². The minimum atomic E-state index is -1.00. The zero-order valence-electron chi connectivity index (χ0n) is 10.0. The highest BCUT2D eigenvalue weighted by atomic mass is 79.9. The normalized spacial score (nSPS) is 9.94. The molecule has 0 aliphatic carbocycles. The SMILES string of the molecule is COc1cc(OC)c(C(=O)CCC(=O)O)cc1Br. The van der Waals surface area contributed by atoms with Gasteiger partial charge in [-0.3, -0.25) is 9.59 Å². The van der Waals surface area contributed by atoms with E-state index in [1.54, 1.807) is 12.1 Å². The molecule has 0 saturated carbocycles. The second kappa shape index (κ2) is 6.39. The van der Waals surface area contributed by atoms with E-state index in [1.807, 2.05) is 0 Å². The van der Waals surface area contributed by atoms with E-state index in [-0.39, 0.29) is 18.6 Å². The summed E-state index contributed by atoms with van der Waals surface area (Å²) in [6, 6.07) is 3.15. The first kappa shape index (κ1) is 14.5. The van der Waals surface area contributed by atoms with Gasteiger partial charge in [0, 0.05) is 12.5 Å². The molecule has 0 unspecified atom stereocenters. The monoisotopic (exact) mass is 316 g/mol. The van der Waals surface area contributed by atoms with Crippen molar-refractivity contribution in [2.45, 2.75) is 12.8 Å². The number of carboxylic acids is 1. The number of Topliss-reactive ketones (excluding diaryl/α,β-unsaturated/α-hetero) is 1. The van der Waals surface area contributed by atoms with Crippen molar-refractivity contribution in [1.82, 2.24) is 0 Å². The zero-order valence-corrected chi connectivity index (χ0v) is 11.6. The molecular formula is C12H13BrO5. The molecule has 0 radical (unpaired) electrons. The topological polar surface area (TPSA) is 72.8 Å². The number of ether oxygens (including phenoxy) is 2. The van der Waals surface area contributed by atoms with E-state index in [9.17, 15) is 9.59 Å². The largest absolute Gasteiger partial charge is 0.496 e. The van der Waals surface area contributed by atoms with E-state index in [0.717, 1.165) is 0 Å². The fraction of sp³-hybridized carbons (Fsp3) is 0.333. The molecule has 1 aromatic carbocycles. The van der Waals surface area contributed by atoms with E-state index in [4.69, 9.17) is 14.6 Å². The van der Waals surface area contributed by atoms with Crippen LogP contribution in [0.25, 0.3) is 0 Å². The summed E-state index contributed by atoms with van der Waals surface area (Å²) in [4.78, 5) is 22.3. The second-order valence-corrected chi connectivity index (χ2v) is 4.36. The van der Waals surface area contributed by atoms with Gasteiger partial charge in [0.25, 0.3) is 0 Å². The number of hydrogen-bond donors (Lipinski definition) is 1. The number of aliphatic carboxylic acids is 1. The fourth-order valence-corrected chi connectivity index (χ4v) is 1.94. The highest BCUT2D eigenvalue weighted by molar-refractivity contribution is 9.10. The minimum absolute atomic E-state index is 0.0650. The van der Waals surface area contributed by atoms with Gasteiger partial charge in [-0.25, -0.2) is 0 Å². The maximum absolute atomic E-state index is 11.9. The van der Waals surface area contributed by atoms with Gasteiger partial charge in [-0.2, -0.15) is 0 Å². The standard InChI is InChI=1S/C12H13BrO5/c1-17-10-6-11(18-2)8(13)5-7(10)9(14)3-4-12(15)16/h5-6H,3-4H2,1-2H3,(H,15,16). The van der Waals surface area contributed by atoms with Crippen molar-refractivity contribution in [2.75, 3.05) is 14.2 Å². The molecule has 0 aliphatic heterocycles. The lowest BCUT2D eigenvalue weighted by Crippen LogP contribution is -2.06. The van der Waals surface area contributed by atoms with Crippen LogP contribution in [0.2, 0.25) is 0 Å². The van der Waals surface area contributed by atoms with Gasteiger partial charge >= 0.3 is 5.97 Å². The molecule has 1 rings (SSSR count). The maximum Gasteiger partial charge on any atom is 0.303 e. The predicted octanol–water partition coefficient (Wildman–Crippen LogP) is 2.51. The van der Waals surface area contributed by atoms with E-state index in [0.29, 0.717) is 21.5 Å². The van der Waals surface area contributed by atoms with Crippen molar-refractivity contribution >= 4 is 27.7 Å². The molecule has 18 heavy (non-hydrogen) atoms. The lowest BCUT2D eigenvalue weighted by atomic mass is 10.1. The Labute approximate surface area is 113 Å². The summed E-state index contributed by atoms with van der Waals surface area (Å²) in [5.74, 6) is -0.375. The van der Waals surface area contributed by atoms with Crippen LogP contribution in [-0.4, -0.2) is 31.1 Å². The summed E-state index contributed by atoms with van der Waals surface area (Å²) in [5, 5.41) is 8.56. The second-order valence-electron chi connectivity index (χ2n) is 3.50. The zero-order chi connectivity index (χ0) is 13.7. The molecule has 0 fully saturated rings. The van der Waals surface area contributed by atoms with Crippen LogP contribution >= 0.6 is 15.9 Å². The van der Waals surface area contributed by atoms with Gasteiger partial charge in [0.15, 0.2) is 5.78 Å². The third-order valence-electron chi connectivity index (χ3n) is 2.34. The van der Waals surface area contributed by atoms with E-state index >= 15 is 0 Å². The molecule has 1 N–H and O–H groups in total. The lowest BCUT2D eigenvalue weighted by molar-refractivity contribution is -0.136. The smallest absolute Gasteiger partial charge is 0.303 e. The molecule has 98 valence electrons. The molecule has 6 heteroatoms. The van der Waals surface area contributed by atoms with Crippen LogP contribution in [0.3, 0.4) is 0 Å². The van der Waals surface area contributed by atoms with Gasteiger partial charge in [0.1, 0.15) is 11.5 Å². The molecule has 0 bridgehead atoms. The number of benzene rings is 1. The molecule has 0 aliphatic rings. The summed E-state index contributed by atoms with van der Waals surface area (Å²) in [7, 11) is 2.95. The Balaban J connectivity index is 3.03. The Morgan fingerprint density at radius 2 is 1.78 bits per heavy atom. The number of hydrogen-bond acceptors (Lipinski definition) is 4. The summed E-state index contributed by atoms with van der Waals surface area (Å²) in [6.45, 7) is 0. The van der Waals surface area contributed by atoms with Crippen LogP contribution in [0.4, 0.5) is 0 Å². The molecule has 0 spiro atoms. The molecule has 1 aromatic rings. The summed E-state index contributed by atoms with van der Waals surface area (Å²) in [5.41, 5.74) is 0.339. The number of ketones is 1. The highest BCUT2D eigenvalue weighted by Crippen LogP contribution is 2.33. The Bertz CT molecular complexity index is 470. The first-order valence-corrected chi connectivity index (χ1v) is 5.95. The van der Waals surface area contributed by atoms with Crippen molar-refractivity contribution in [2.24, 2.45) is 0 Å². The number of methoxy groups -OCH3 is 2. The predicted molar refractivity (Wildman–Crippen MR) is 68.4 cm³/mol. The number of rotatable bonds is 6.